The smallest absolute Gasteiger partial charge is 0.317 e. The number of carboxylic acid groups (broad SMARTS) is 1. The summed E-state index contributed by atoms with van der Waals surface area (Å²) < 4.78 is 5.37. The molecule has 21 heavy (non-hydrogen) atoms. The van der Waals surface area contributed by atoms with Gasteiger partial charge in [-0.3, -0.25) is 14.6 Å². The van der Waals surface area contributed by atoms with E-state index < -0.39 is 5.97 Å². The van der Waals surface area contributed by atoms with Crippen LogP contribution in [0.5, 0.6) is 5.75 Å². The molecule has 1 fully saturated rings. The van der Waals surface area contributed by atoms with Crippen LogP contribution in [0, 0.1) is 0 Å². The Balaban J connectivity index is 1.99. The molecule has 0 aromatic heterocycles. The third-order valence-electron chi connectivity index (χ3n) is 3.72. The molecule has 0 unspecified atom stereocenters. The van der Waals surface area contributed by atoms with Crippen molar-refractivity contribution < 1.29 is 14.6 Å². The van der Waals surface area contributed by atoms with Gasteiger partial charge in [0.15, 0.2) is 0 Å². The zero-order chi connectivity index (χ0) is 15.2. The molecule has 0 aliphatic carbocycles. The Morgan fingerprint density at radius 3 is 2.71 bits per heavy atom. The van der Waals surface area contributed by atoms with Gasteiger partial charge in [0.05, 0.1) is 13.7 Å². The molecule has 1 aromatic rings. The van der Waals surface area contributed by atoms with Crippen LogP contribution in [0.1, 0.15) is 12.0 Å². The second kappa shape index (κ2) is 7.64. The number of carboxylic acids is 1. The Morgan fingerprint density at radius 2 is 2.00 bits per heavy atom. The van der Waals surface area contributed by atoms with Crippen molar-refractivity contribution in [3.63, 3.8) is 0 Å². The quantitative estimate of drug-likeness (QED) is 0.900. The summed E-state index contributed by atoms with van der Waals surface area (Å²) in [6, 6.07) is 5.66. The number of methoxy groups -OCH3 is 1. The Morgan fingerprint density at radius 1 is 1.29 bits per heavy atom. The number of benzene rings is 1. The minimum Gasteiger partial charge on any atom is -0.496 e. The van der Waals surface area contributed by atoms with Gasteiger partial charge in [-0.05, 0) is 25.1 Å². The Labute approximate surface area is 130 Å². The van der Waals surface area contributed by atoms with Gasteiger partial charge in [0.2, 0.25) is 0 Å². The van der Waals surface area contributed by atoms with E-state index in [2.05, 4.69) is 4.90 Å². The molecule has 0 bridgehead atoms. The van der Waals surface area contributed by atoms with Crippen LogP contribution in [0.25, 0.3) is 0 Å². The molecule has 1 saturated heterocycles. The van der Waals surface area contributed by atoms with E-state index in [-0.39, 0.29) is 6.54 Å². The van der Waals surface area contributed by atoms with Crippen molar-refractivity contribution in [2.24, 2.45) is 0 Å². The van der Waals surface area contributed by atoms with E-state index >= 15 is 0 Å². The number of rotatable bonds is 5. The van der Waals surface area contributed by atoms with Gasteiger partial charge in [-0.2, -0.15) is 0 Å². The highest BCUT2D eigenvalue weighted by Gasteiger charge is 2.18. The van der Waals surface area contributed by atoms with Crippen LogP contribution in [0.15, 0.2) is 18.2 Å². The molecule has 1 aliphatic heterocycles. The number of aliphatic carboxylic acids is 1. The molecule has 6 heteroatoms. The van der Waals surface area contributed by atoms with E-state index in [0.717, 1.165) is 50.5 Å². The highest BCUT2D eigenvalue weighted by molar-refractivity contribution is 6.31. The average Bonchev–Trinajstić information content (AvgIpc) is 2.66. The van der Waals surface area contributed by atoms with Gasteiger partial charge in [-0.1, -0.05) is 17.7 Å². The van der Waals surface area contributed by atoms with E-state index in [1.165, 1.54) is 0 Å². The molecular formula is C15H21ClN2O3. The van der Waals surface area contributed by atoms with Gasteiger partial charge < -0.3 is 9.84 Å². The molecular weight excluding hydrogens is 292 g/mol. The van der Waals surface area contributed by atoms with Crippen molar-refractivity contribution in [3.05, 3.63) is 28.8 Å². The van der Waals surface area contributed by atoms with Crippen LogP contribution >= 0.6 is 11.6 Å². The fourth-order valence-corrected chi connectivity index (χ4v) is 2.86. The second-order valence-electron chi connectivity index (χ2n) is 5.22. The predicted molar refractivity (Wildman–Crippen MR) is 82.0 cm³/mol. The molecule has 1 aromatic carbocycles. The second-order valence-corrected chi connectivity index (χ2v) is 5.63. The molecule has 5 nitrogen and oxygen atoms in total. The molecule has 116 valence electrons. The molecule has 0 radical (unpaired) electrons. The molecule has 1 heterocycles. The van der Waals surface area contributed by atoms with E-state index in [0.29, 0.717) is 5.02 Å². The average molecular weight is 313 g/mol. The normalized spacial score (nSPS) is 17.4. The van der Waals surface area contributed by atoms with Crippen molar-refractivity contribution in [3.8, 4) is 5.75 Å². The van der Waals surface area contributed by atoms with E-state index in [1.807, 2.05) is 23.1 Å². The Kier molecular flexibility index (Phi) is 5.85. The maximum atomic E-state index is 10.8. The van der Waals surface area contributed by atoms with E-state index in [9.17, 15) is 4.79 Å². The first-order valence-electron chi connectivity index (χ1n) is 7.08. The SMILES string of the molecule is COc1cccc(Cl)c1CN1CCCN(CC(=O)O)CC1. The number of halogens is 1. The van der Waals surface area contributed by atoms with E-state index in [1.54, 1.807) is 7.11 Å². The zero-order valence-corrected chi connectivity index (χ0v) is 13.0. The molecule has 2 rings (SSSR count). The molecule has 1 N–H and O–H groups in total. The lowest BCUT2D eigenvalue weighted by molar-refractivity contribution is -0.138. The van der Waals surface area contributed by atoms with Crippen LogP contribution in [0.3, 0.4) is 0 Å². The zero-order valence-electron chi connectivity index (χ0n) is 12.2. The molecule has 0 spiro atoms. The molecule has 0 saturated carbocycles. The predicted octanol–water partition coefficient (Wildman–Crippen LogP) is 1.94. The van der Waals surface area contributed by atoms with Crippen LogP contribution in [-0.4, -0.2) is 60.7 Å². The standard InChI is InChI=1S/C15H21ClN2O3/c1-21-14-5-2-4-13(16)12(14)10-17-6-3-7-18(9-8-17)11-15(19)20/h2,4-5H,3,6-11H2,1H3,(H,19,20). The van der Waals surface area contributed by atoms with E-state index in [4.69, 9.17) is 21.4 Å². The minimum atomic E-state index is -0.767. The van der Waals surface area contributed by atoms with Gasteiger partial charge in [0.25, 0.3) is 0 Å². The first-order chi connectivity index (χ1) is 10.1. The van der Waals surface area contributed by atoms with Gasteiger partial charge in [0.1, 0.15) is 5.75 Å². The van der Waals surface area contributed by atoms with Crippen LogP contribution in [0.2, 0.25) is 5.02 Å². The topological polar surface area (TPSA) is 53.0 Å². The highest BCUT2D eigenvalue weighted by Crippen LogP contribution is 2.27. The molecule has 0 amide bonds. The number of ether oxygens (including phenoxy) is 1. The third kappa shape index (κ3) is 4.59. The summed E-state index contributed by atoms with van der Waals surface area (Å²) in [6.45, 7) is 4.20. The van der Waals surface area contributed by atoms with Crippen molar-refractivity contribution in [1.82, 2.24) is 9.80 Å². The van der Waals surface area contributed by atoms with Gasteiger partial charge >= 0.3 is 5.97 Å². The largest absolute Gasteiger partial charge is 0.496 e. The van der Waals surface area contributed by atoms with Crippen LogP contribution in [0.4, 0.5) is 0 Å². The molecule has 0 atom stereocenters. The Hall–Kier alpha value is -1.30. The number of hydrogen-bond acceptors (Lipinski definition) is 4. The summed E-state index contributed by atoms with van der Waals surface area (Å²) >= 11 is 6.27. The lowest BCUT2D eigenvalue weighted by Crippen LogP contribution is -2.34. The fraction of sp³-hybridized carbons (Fsp3) is 0.533. The summed E-state index contributed by atoms with van der Waals surface area (Å²) in [7, 11) is 1.65. The highest BCUT2D eigenvalue weighted by atomic mass is 35.5. The lowest BCUT2D eigenvalue weighted by Gasteiger charge is -2.22. The Bertz CT molecular complexity index is 496. The fourth-order valence-electron chi connectivity index (χ4n) is 2.64. The maximum Gasteiger partial charge on any atom is 0.317 e. The summed E-state index contributed by atoms with van der Waals surface area (Å²) in [5.74, 6) is 0.0327. The number of carbonyl (C=O) groups is 1. The van der Waals surface area contributed by atoms with Crippen LogP contribution < -0.4 is 4.74 Å². The molecule has 1 aliphatic rings. The lowest BCUT2D eigenvalue weighted by atomic mass is 10.2. The first-order valence-corrected chi connectivity index (χ1v) is 7.46. The summed E-state index contributed by atoms with van der Waals surface area (Å²) in [4.78, 5) is 15.1. The summed E-state index contributed by atoms with van der Waals surface area (Å²) in [6.07, 6.45) is 0.958. The van der Waals surface area contributed by atoms with Crippen molar-refractivity contribution in [2.75, 3.05) is 39.8 Å². The van der Waals surface area contributed by atoms with Crippen molar-refractivity contribution in [2.45, 2.75) is 13.0 Å². The van der Waals surface area contributed by atoms with Gasteiger partial charge in [-0.15, -0.1) is 0 Å². The van der Waals surface area contributed by atoms with Crippen molar-refractivity contribution >= 4 is 17.6 Å². The van der Waals surface area contributed by atoms with Gasteiger partial charge in [0, 0.05) is 36.8 Å². The number of hydrogen-bond donors (Lipinski definition) is 1. The minimum absolute atomic E-state index is 0.114. The summed E-state index contributed by atoms with van der Waals surface area (Å²) in [5.41, 5.74) is 0.994. The van der Waals surface area contributed by atoms with Gasteiger partial charge in [-0.25, -0.2) is 0 Å². The monoisotopic (exact) mass is 312 g/mol. The third-order valence-corrected chi connectivity index (χ3v) is 4.07. The van der Waals surface area contributed by atoms with Crippen molar-refractivity contribution in [1.29, 1.82) is 0 Å². The first kappa shape index (κ1) is 16.1. The summed E-state index contributed by atoms with van der Waals surface area (Å²) in [5, 5.41) is 9.58. The maximum absolute atomic E-state index is 10.8. The number of nitrogens with zero attached hydrogens (tertiary/aromatic N) is 2. The van der Waals surface area contributed by atoms with Crippen LogP contribution in [-0.2, 0) is 11.3 Å².